The molecule has 0 aromatic heterocycles. The van der Waals surface area contributed by atoms with Crippen molar-refractivity contribution in [1.29, 1.82) is 0 Å². The van der Waals surface area contributed by atoms with Gasteiger partial charge >= 0.3 is 5.97 Å². The summed E-state index contributed by atoms with van der Waals surface area (Å²) in [5, 5.41) is 5.45. The molecule has 0 radical (unpaired) electrons. The van der Waals surface area contributed by atoms with Crippen LogP contribution in [0.25, 0.3) is 0 Å². The van der Waals surface area contributed by atoms with E-state index in [0.29, 0.717) is 30.1 Å². The van der Waals surface area contributed by atoms with Gasteiger partial charge in [0.05, 0.1) is 18.7 Å². The van der Waals surface area contributed by atoms with Gasteiger partial charge in [0.15, 0.2) is 12.7 Å². The lowest BCUT2D eigenvalue weighted by Crippen LogP contribution is -2.42. The summed E-state index contributed by atoms with van der Waals surface area (Å²) in [6.45, 7) is 3.40. The zero-order chi connectivity index (χ0) is 23.8. The van der Waals surface area contributed by atoms with Gasteiger partial charge in [-0.15, -0.1) is 0 Å². The van der Waals surface area contributed by atoms with Crippen LogP contribution in [0.1, 0.15) is 25.3 Å². The van der Waals surface area contributed by atoms with Crippen LogP contribution in [-0.2, 0) is 23.9 Å². The molecule has 2 aromatic carbocycles. The Balaban J connectivity index is 1.50. The molecule has 174 valence electrons. The number of hydrogen-bond donors (Lipinski definition) is 2. The minimum absolute atomic E-state index is 0.163. The van der Waals surface area contributed by atoms with Crippen molar-refractivity contribution in [2.45, 2.75) is 32.8 Å². The number of carbonyl (C=O) groups is 4. The quantitative estimate of drug-likeness (QED) is 0.564. The van der Waals surface area contributed by atoms with Crippen molar-refractivity contribution in [1.82, 2.24) is 4.90 Å². The van der Waals surface area contributed by atoms with E-state index in [1.807, 2.05) is 32.0 Å². The minimum Gasteiger partial charge on any atom is -0.478 e. The molecule has 1 atom stereocenters. The maximum absolute atomic E-state index is 12.6. The number of nitrogens with zero attached hydrogens (tertiary/aromatic N) is 1. The van der Waals surface area contributed by atoms with Crippen molar-refractivity contribution in [3.8, 4) is 5.75 Å². The zero-order valence-corrected chi connectivity index (χ0v) is 18.6. The van der Waals surface area contributed by atoms with E-state index in [1.54, 1.807) is 30.3 Å². The number of fused-ring (bicyclic) bond motifs is 1. The summed E-state index contributed by atoms with van der Waals surface area (Å²) in [4.78, 5) is 50.7. The van der Waals surface area contributed by atoms with Crippen LogP contribution in [-0.4, -0.2) is 54.4 Å². The van der Waals surface area contributed by atoms with Crippen molar-refractivity contribution >= 4 is 35.1 Å². The number of rotatable bonds is 9. The van der Waals surface area contributed by atoms with Gasteiger partial charge in [0.25, 0.3) is 11.8 Å². The van der Waals surface area contributed by atoms with Crippen LogP contribution in [0.4, 0.5) is 11.4 Å². The average Bonchev–Trinajstić information content (AvgIpc) is 2.79. The maximum atomic E-state index is 12.6. The van der Waals surface area contributed by atoms with E-state index < -0.39 is 30.5 Å². The third-order valence-corrected chi connectivity index (χ3v) is 5.02. The van der Waals surface area contributed by atoms with Gasteiger partial charge in [-0.25, -0.2) is 0 Å². The second-order valence-electron chi connectivity index (χ2n) is 7.64. The third kappa shape index (κ3) is 6.55. The molecule has 0 fully saturated rings. The predicted octanol–water partition coefficient (Wildman–Crippen LogP) is 2.51. The van der Waals surface area contributed by atoms with Crippen molar-refractivity contribution in [2.24, 2.45) is 0 Å². The van der Waals surface area contributed by atoms with Crippen LogP contribution in [0.3, 0.4) is 0 Å². The highest BCUT2D eigenvalue weighted by Crippen LogP contribution is 2.29. The van der Waals surface area contributed by atoms with Crippen LogP contribution >= 0.6 is 0 Å². The first-order chi connectivity index (χ1) is 15.9. The van der Waals surface area contributed by atoms with E-state index in [2.05, 4.69) is 10.6 Å². The first-order valence-corrected chi connectivity index (χ1v) is 10.7. The summed E-state index contributed by atoms with van der Waals surface area (Å²) < 4.78 is 10.6. The van der Waals surface area contributed by atoms with Crippen LogP contribution in [0.15, 0.2) is 48.5 Å². The Labute approximate surface area is 192 Å². The van der Waals surface area contributed by atoms with Crippen LogP contribution < -0.4 is 15.4 Å². The van der Waals surface area contributed by atoms with Crippen molar-refractivity contribution in [3.63, 3.8) is 0 Å². The first-order valence-electron chi connectivity index (χ1n) is 10.7. The molecule has 2 N–H and O–H groups in total. The molecular weight excluding hydrogens is 426 g/mol. The largest absolute Gasteiger partial charge is 0.478 e. The number of aryl methyl sites for hydroxylation is 1. The summed E-state index contributed by atoms with van der Waals surface area (Å²) >= 11 is 0. The Morgan fingerprint density at radius 2 is 1.85 bits per heavy atom. The molecular formula is C24H27N3O6. The van der Waals surface area contributed by atoms with Crippen LogP contribution in [0.5, 0.6) is 5.75 Å². The van der Waals surface area contributed by atoms with Gasteiger partial charge in [-0.05, 0) is 37.1 Å². The Morgan fingerprint density at radius 1 is 1.12 bits per heavy atom. The van der Waals surface area contributed by atoms with E-state index in [4.69, 9.17) is 9.47 Å². The number of esters is 1. The summed E-state index contributed by atoms with van der Waals surface area (Å²) in [5.74, 6) is -1.59. The molecule has 0 saturated carbocycles. The fourth-order valence-electron chi connectivity index (χ4n) is 3.31. The van der Waals surface area contributed by atoms with Gasteiger partial charge in [-0.2, -0.15) is 0 Å². The number of benzene rings is 2. The summed E-state index contributed by atoms with van der Waals surface area (Å²) in [6.07, 6.45) is -0.754. The molecule has 3 amide bonds. The summed E-state index contributed by atoms with van der Waals surface area (Å²) in [5.41, 5.74) is 2.11. The molecule has 0 aliphatic carbocycles. The molecule has 1 unspecified atom stereocenters. The molecule has 2 aromatic rings. The monoisotopic (exact) mass is 453 g/mol. The normalized spacial score (nSPS) is 14.4. The highest BCUT2D eigenvalue weighted by molar-refractivity contribution is 5.99. The number of carbonyl (C=O) groups excluding carboxylic acids is 4. The Kier molecular flexibility index (Phi) is 8.01. The molecule has 0 spiro atoms. The number of para-hydroxylation sites is 3. The van der Waals surface area contributed by atoms with Gasteiger partial charge in [0, 0.05) is 12.2 Å². The van der Waals surface area contributed by atoms with Crippen LogP contribution in [0.2, 0.25) is 0 Å². The number of nitrogens with one attached hydrogen (secondary N) is 2. The topological polar surface area (TPSA) is 114 Å². The molecule has 1 aliphatic heterocycles. The van der Waals surface area contributed by atoms with Gasteiger partial charge in [0.1, 0.15) is 5.75 Å². The van der Waals surface area contributed by atoms with Crippen molar-refractivity contribution in [2.75, 3.05) is 30.3 Å². The van der Waals surface area contributed by atoms with E-state index in [0.717, 1.165) is 5.56 Å². The molecule has 1 heterocycles. The highest BCUT2D eigenvalue weighted by Gasteiger charge is 2.30. The standard InChI is InChI=1S/C24H27N3O6/c1-3-12-27(14-21(28)25-17-9-5-4-8-16(17)2)22(29)15-32-23(30)13-20-24(31)26-18-10-6-7-11-19(18)33-20/h4-11,20H,3,12-15H2,1-2H3,(H,25,28)(H,26,31). The third-order valence-electron chi connectivity index (χ3n) is 5.02. The second-order valence-corrected chi connectivity index (χ2v) is 7.64. The molecule has 33 heavy (non-hydrogen) atoms. The van der Waals surface area contributed by atoms with E-state index in [9.17, 15) is 19.2 Å². The Hall–Kier alpha value is -3.88. The fraction of sp³-hybridized carbons (Fsp3) is 0.333. The van der Waals surface area contributed by atoms with Crippen molar-refractivity contribution < 1.29 is 28.7 Å². The van der Waals surface area contributed by atoms with Gasteiger partial charge in [0.2, 0.25) is 5.91 Å². The summed E-state index contributed by atoms with van der Waals surface area (Å²) in [7, 11) is 0. The molecule has 3 rings (SSSR count). The predicted molar refractivity (Wildman–Crippen MR) is 122 cm³/mol. The van der Waals surface area contributed by atoms with Gasteiger partial charge in [-0.3, -0.25) is 19.2 Å². The number of anilines is 2. The zero-order valence-electron chi connectivity index (χ0n) is 18.6. The highest BCUT2D eigenvalue weighted by atomic mass is 16.5. The minimum atomic E-state index is -1.05. The average molecular weight is 453 g/mol. The first kappa shape index (κ1) is 23.8. The molecule has 9 heteroatoms. The Bertz CT molecular complexity index is 1040. The molecule has 0 bridgehead atoms. The second kappa shape index (κ2) is 11.1. The summed E-state index contributed by atoms with van der Waals surface area (Å²) in [6, 6.07) is 14.2. The van der Waals surface area contributed by atoms with Gasteiger partial charge < -0.3 is 25.0 Å². The van der Waals surface area contributed by atoms with Crippen LogP contribution in [0, 0.1) is 6.92 Å². The number of ether oxygens (including phenoxy) is 2. The molecule has 0 saturated heterocycles. The van der Waals surface area contributed by atoms with E-state index in [-0.39, 0.29) is 18.9 Å². The SMILES string of the molecule is CCCN(CC(=O)Nc1ccccc1C)C(=O)COC(=O)CC1Oc2ccccc2NC1=O. The van der Waals surface area contributed by atoms with E-state index in [1.165, 1.54) is 4.90 Å². The lowest BCUT2D eigenvalue weighted by Gasteiger charge is -2.25. The number of hydrogen-bond acceptors (Lipinski definition) is 6. The number of amides is 3. The Morgan fingerprint density at radius 3 is 2.61 bits per heavy atom. The maximum Gasteiger partial charge on any atom is 0.310 e. The molecule has 1 aliphatic rings. The lowest BCUT2D eigenvalue weighted by molar-refractivity contribution is -0.154. The van der Waals surface area contributed by atoms with Crippen molar-refractivity contribution in [3.05, 3.63) is 54.1 Å². The smallest absolute Gasteiger partial charge is 0.310 e. The van der Waals surface area contributed by atoms with E-state index >= 15 is 0 Å². The lowest BCUT2D eigenvalue weighted by atomic mass is 10.1. The van der Waals surface area contributed by atoms with Gasteiger partial charge in [-0.1, -0.05) is 37.3 Å². The molecule has 9 nitrogen and oxygen atoms in total. The fourth-order valence-corrected chi connectivity index (χ4v) is 3.31.